The molecule has 0 saturated carbocycles. The van der Waals surface area contributed by atoms with Crippen molar-refractivity contribution in [2.45, 2.75) is 0 Å². The Balaban J connectivity index is 2.55. The van der Waals surface area contributed by atoms with E-state index < -0.39 is 0 Å². The zero-order chi connectivity index (χ0) is 12.4. The Morgan fingerprint density at radius 1 is 1.00 bits per heavy atom. The predicted octanol–water partition coefficient (Wildman–Crippen LogP) is 4.81. The molecule has 0 N–H and O–H groups in total. The number of ether oxygens (including phenoxy) is 1. The Bertz CT molecular complexity index is 555. The van der Waals surface area contributed by atoms with E-state index in [1.165, 1.54) is 13.2 Å². The number of benzene rings is 2. The van der Waals surface area contributed by atoms with Gasteiger partial charge >= 0.3 is 0 Å². The first kappa shape index (κ1) is 12.2. The highest BCUT2D eigenvalue weighted by Gasteiger charge is 2.08. The maximum Gasteiger partial charge on any atom is 0.131 e. The molecule has 0 amide bonds. The normalized spacial score (nSPS) is 10.4. The van der Waals surface area contributed by atoms with Crippen molar-refractivity contribution in [3.8, 4) is 16.9 Å². The van der Waals surface area contributed by atoms with Gasteiger partial charge in [-0.15, -0.1) is 0 Å². The minimum atomic E-state index is -0.329. The quantitative estimate of drug-likeness (QED) is 0.761. The van der Waals surface area contributed by atoms with Crippen LogP contribution in [0.3, 0.4) is 0 Å². The second-order valence-corrected chi connectivity index (χ2v) is 4.29. The minimum absolute atomic E-state index is 0.329. The first-order chi connectivity index (χ1) is 8.11. The molecule has 0 spiro atoms. The summed E-state index contributed by atoms with van der Waals surface area (Å²) in [6.07, 6.45) is 0. The Hall–Kier alpha value is -1.25. The maximum atomic E-state index is 13.7. The monoisotopic (exact) mass is 270 g/mol. The van der Waals surface area contributed by atoms with E-state index in [9.17, 15) is 4.39 Å². The van der Waals surface area contributed by atoms with Crippen molar-refractivity contribution in [2.75, 3.05) is 7.11 Å². The molecule has 0 aromatic heterocycles. The second-order valence-electron chi connectivity index (χ2n) is 3.47. The average Bonchev–Trinajstić information content (AvgIpc) is 2.33. The van der Waals surface area contributed by atoms with Crippen molar-refractivity contribution in [3.05, 3.63) is 52.3 Å². The summed E-state index contributed by atoms with van der Waals surface area (Å²) in [6, 6.07) is 9.52. The summed E-state index contributed by atoms with van der Waals surface area (Å²) >= 11 is 11.7. The summed E-state index contributed by atoms with van der Waals surface area (Å²) in [4.78, 5) is 0. The maximum absolute atomic E-state index is 13.7. The van der Waals surface area contributed by atoms with Gasteiger partial charge in [0.15, 0.2) is 0 Å². The Morgan fingerprint density at radius 2 is 1.76 bits per heavy atom. The molecule has 0 aliphatic rings. The van der Waals surface area contributed by atoms with Crippen LogP contribution in [0.4, 0.5) is 4.39 Å². The van der Waals surface area contributed by atoms with Crippen LogP contribution in [0.15, 0.2) is 36.4 Å². The topological polar surface area (TPSA) is 9.23 Å². The summed E-state index contributed by atoms with van der Waals surface area (Å²) in [5.74, 6) is 0.261. The van der Waals surface area contributed by atoms with Crippen LogP contribution in [0.2, 0.25) is 10.0 Å². The number of halogens is 3. The molecule has 1 nitrogen and oxygen atoms in total. The summed E-state index contributed by atoms with van der Waals surface area (Å²) in [7, 11) is 1.53. The Kier molecular flexibility index (Phi) is 3.55. The molecule has 4 heteroatoms. The van der Waals surface area contributed by atoms with Gasteiger partial charge in [0.25, 0.3) is 0 Å². The molecule has 0 unspecified atom stereocenters. The highest BCUT2D eigenvalue weighted by Crippen LogP contribution is 2.31. The number of methoxy groups -OCH3 is 1. The Labute approximate surface area is 109 Å². The van der Waals surface area contributed by atoms with E-state index in [1.807, 2.05) is 0 Å². The van der Waals surface area contributed by atoms with Gasteiger partial charge in [-0.25, -0.2) is 4.39 Å². The molecule has 0 atom stereocenters. The fraction of sp³-hybridized carbons (Fsp3) is 0.0769. The van der Waals surface area contributed by atoms with Crippen molar-refractivity contribution in [1.82, 2.24) is 0 Å². The molecule has 0 bridgehead atoms. The van der Waals surface area contributed by atoms with Gasteiger partial charge in [0, 0.05) is 5.56 Å². The largest absolute Gasteiger partial charge is 0.497 e. The third-order valence-corrected chi connectivity index (χ3v) is 3.14. The minimum Gasteiger partial charge on any atom is -0.497 e. The summed E-state index contributed by atoms with van der Waals surface area (Å²) in [5.41, 5.74) is 1.10. The van der Waals surface area contributed by atoms with Crippen molar-refractivity contribution in [1.29, 1.82) is 0 Å². The van der Waals surface area contributed by atoms with Crippen molar-refractivity contribution in [3.63, 3.8) is 0 Å². The molecule has 17 heavy (non-hydrogen) atoms. The van der Waals surface area contributed by atoms with Crippen LogP contribution < -0.4 is 4.74 Å². The van der Waals surface area contributed by atoms with E-state index >= 15 is 0 Å². The van der Waals surface area contributed by atoms with Gasteiger partial charge in [-0.2, -0.15) is 0 Å². The molecule has 2 rings (SSSR count). The fourth-order valence-corrected chi connectivity index (χ4v) is 1.81. The lowest BCUT2D eigenvalue weighted by atomic mass is 10.0. The highest BCUT2D eigenvalue weighted by molar-refractivity contribution is 6.42. The van der Waals surface area contributed by atoms with Crippen LogP contribution in [0, 0.1) is 5.82 Å². The van der Waals surface area contributed by atoms with Gasteiger partial charge in [0.1, 0.15) is 11.6 Å². The molecule has 0 heterocycles. The van der Waals surface area contributed by atoms with Gasteiger partial charge in [-0.3, -0.25) is 0 Å². The lowest BCUT2D eigenvalue weighted by Gasteiger charge is -2.07. The molecular formula is C13H9Cl2FO. The average molecular weight is 271 g/mol. The lowest BCUT2D eigenvalue weighted by molar-refractivity contribution is 0.414. The van der Waals surface area contributed by atoms with Gasteiger partial charge < -0.3 is 4.74 Å². The number of hydrogen-bond acceptors (Lipinski definition) is 1. The molecule has 0 saturated heterocycles. The lowest BCUT2D eigenvalue weighted by Crippen LogP contribution is -1.88. The molecule has 2 aromatic carbocycles. The molecule has 88 valence electrons. The molecule has 0 aliphatic heterocycles. The zero-order valence-electron chi connectivity index (χ0n) is 9.01. The number of hydrogen-bond donors (Lipinski definition) is 0. The predicted molar refractivity (Wildman–Crippen MR) is 68.4 cm³/mol. The van der Waals surface area contributed by atoms with Crippen molar-refractivity contribution >= 4 is 23.2 Å². The van der Waals surface area contributed by atoms with Crippen LogP contribution >= 0.6 is 23.2 Å². The molecule has 0 fully saturated rings. The third kappa shape index (κ3) is 2.54. The molecule has 0 radical (unpaired) electrons. The third-order valence-electron chi connectivity index (χ3n) is 2.40. The van der Waals surface area contributed by atoms with Crippen molar-refractivity contribution in [2.24, 2.45) is 0 Å². The van der Waals surface area contributed by atoms with E-state index in [0.717, 1.165) is 0 Å². The van der Waals surface area contributed by atoms with E-state index in [4.69, 9.17) is 27.9 Å². The summed E-state index contributed by atoms with van der Waals surface area (Å²) in [5, 5.41) is 0.838. The van der Waals surface area contributed by atoms with Gasteiger partial charge in [-0.05, 0) is 35.9 Å². The van der Waals surface area contributed by atoms with E-state index in [-0.39, 0.29) is 5.82 Å². The summed E-state index contributed by atoms with van der Waals surface area (Å²) in [6.45, 7) is 0. The highest BCUT2D eigenvalue weighted by atomic mass is 35.5. The second kappa shape index (κ2) is 4.94. The van der Waals surface area contributed by atoms with E-state index in [0.29, 0.717) is 26.9 Å². The van der Waals surface area contributed by atoms with E-state index in [1.54, 1.807) is 30.3 Å². The molecule has 0 aliphatic carbocycles. The van der Waals surface area contributed by atoms with Gasteiger partial charge in [0.05, 0.1) is 17.2 Å². The standard InChI is InChI=1S/C13H9Cl2FO/c1-17-9-3-5-13(16)10(7-9)8-2-4-11(14)12(15)6-8/h2-7H,1H3. The molecular weight excluding hydrogens is 262 g/mol. The SMILES string of the molecule is COc1ccc(F)c(-c2ccc(Cl)c(Cl)c2)c1. The van der Waals surface area contributed by atoms with Gasteiger partial charge in [0.2, 0.25) is 0 Å². The van der Waals surface area contributed by atoms with Crippen molar-refractivity contribution < 1.29 is 9.13 Å². The van der Waals surface area contributed by atoms with Gasteiger partial charge in [-0.1, -0.05) is 29.3 Å². The van der Waals surface area contributed by atoms with Crippen LogP contribution in [0.25, 0.3) is 11.1 Å². The van der Waals surface area contributed by atoms with Crippen LogP contribution in [0.1, 0.15) is 0 Å². The number of rotatable bonds is 2. The first-order valence-electron chi connectivity index (χ1n) is 4.91. The van der Waals surface area contributed by atoms with Crippen LogP contribution in [0.5, 0.6) is 5.75 Å². The van der Waals surface area contributed by atoms with Crippen LogP contribution in [-0.2, 0) is 0 Å². The smallest absolute Gasteiger partial charge is 0.131 e. The summed E-state index contributed by atoms with van der Waals surface area (Å²) < 4.78 is 18.8. The van der Waals surface area contributed by atoms with Crippen LogP contribution in [-0.4, -0.2) is 7.11 Å². The first-order valence-corrected chi connectivity index (χ1v) is 5.66. The molecule has 2 aromatic rings. The Morgan fingerprint density at radius 3 is 2.41 bits per heavy atom. The zero-order valence-corrected chi connectivity index (χ0v) is 10.5. The fourth-order valence-electron chi connectivity index (χ4n) is 1.52. The van der Waals surface area contributed by atoms with E-state index in [2.05, 4.69) is 0 Å².